The van der Waals surface area contributed by atoms with Crippen LogP contribution in [-0.4, -0.2) is 41.2 Å². The summed E-state index contributed by atoms with van der Waals surface area (Å²) in [6, 6.07) is 0. The number of nitrogens with one attached hydrogen (secondary N) is 2. The second-order valence-corrected chi connectivity index (χ2v) is 4.03. The lowest BCUT2D eigenvalue weighted by atomic mass is 10.3. The summed E-state index contributed by atoms with van der Waals surface area (Å²) in [6.45, 7) is 4.88. The highest BCUT2D eigenvalue weighted by atomic mass is 16.6. The zero-order valence-corrected chi connectivity index (χ0v) is 11.3. The van der Waals surface area contributed by atoms with Crippen LogP contribution in [0.3, 0.4) is 0 Å². The number of methoxy groups -OCH3 is 1. The summed E-state index contributed by atoms with van der Waals surface area (Å²) in [5.41, 5.74) is -0.140. The molecule has 0 amide bonds. The Morgan fingerprint density at radius 2 is 2.05 bits per heavy atom. The summed E-state index contributed by atoms with van der Waals surface area (Å²) in [5.74, 6) is 0.428. The molecule has 0 aliphatic carbocycles. The molecule has 0 aromatic carbocycles. The van der Waals surface area contributed by atoms with Gasteiger partial charge in [-0.2, -0.15) is 0 Å². The number of rotatable bonds is 8. The summed E-state index contributed by atoms with van der Waals surface area (Å²) < 4.78 is 5.08. The molecule has 8 nitrogen and oxygen atoms in total. The van der Waals surface area contributed by atoms with Gasteiger partial charge in [0.1, 0.15) is 6.33 Å². The van der Waals surface area contributed by atoms with Crippen molar-refractivity contribution in [2.75, 3.05) is 30.8 Å². The van der Waals surface area contributed by atoms with Gasteiger partial charge in [-0.05, 0) is 13.3 Å². The number of nitro groups is 1. The van der Waals surface area contributed by atoms with Gasteiger partial charge in [0.15, 0.2) is 0 Å². The van der Waals surface area contributed by atoms with E-state index in [1.165, 1.54) is 6.33 Å². The van der Waals surface area contributed by atoms with Crippen molar-refractivity contribution in [1.82, 2.24) is 9.97 Å². The summed E-state index contributed by atoms with van der Waals surface area (Å²) in [7, 11) is 1.58. The Morgan fingerprint density at radius 1 is 1.42 bits per heavy atom. The Kier molecular flexibility index (Phi) is 5.94. The van der Waals surface area contributed by atoms with Crippen LogP contribution in [0.1, 0.15) is 20.3 Å². The van der Waals surface area contributed by atoms with Crippen LogP contribution < -0.4 is 10.6 Å². The molecule has 1 heterocycles. The number of ether oxygens (including phenoxy) is 1. The molecule has 0 saturated heterocycles. The number of hydrogen-bond donors (Lipinski definition) is 2. The van der Waals surface area contributed by atoms with Gasteiger partial charge in [-0.3, -0.25) is 10.1 Å². The summed E-state index contributed by atoms with van der Waals surface area (Å²) in [6.07, 6.45) is 2.08. The second kappa shape index (κ2) is 7.47. The molecule has 19 heavy (non-hydrogen) atoms. The summed E-state index contributed by atoms with van der Waals surface area (Å²) >= 11 is 0. The van der Waals surface area contributed by atoms with E-state index in [-0.39, 0.29) is 23.4 Å². The highest BCUT2D eigenvalue weighted by molar-refractivity contribution is 5.69. The molecule has 8 heteroatoms. The van der Waals surface area contributed by atoms with Gasteiger partial charge >= 0.3 is 5.69 Å². The first kappa shape index (κ1) is 15.1. The molecule has 1 atom stereocenters. The molecular formula is C11H19N5O3. The average molecular weight is 269 g/mol. The molecule has 0 saturated carbocycles. The van der Waals surface area contributed by atoms with Crippen LogP contribution in [0.5, 0.6) is 0 Å². The standard InChI is InChI=1S/C11H19N5O3/c1-4-5-12-10-9(16(17)18)11(15-7-14-10)13-6-8(2)19-3/h7-8H,4-6H2,1-3H3,(H2,12,13,14,15). The molecule has 0 spiro atoms. The molecule has 0 aliphatic rings. The van der Waals surface area contributed by atoms with E-state index >= 15 is 0 Å². The van der Waals surface area contributed by atoms with Crippen molar-refractivity contribution in [1.29, 1.82) is 0 Å². The lowest BCUT2D eigenvalue weighted by molar-refractivity contribution is -0.383. The second-order valence-electron chi connectivity index (χ2n) is 4.03. The number of anilines is 2. The fourth-order valence-electron chi connectivity index (χ4n) is 1.38. The minimum absolute atomic E-state index is 0.0679. The van der Waals surface area contributed by atoms with Crippen molar-refractivity contribution in [3.63, 3.8) is 0 Å². The molecule has 2 N–H and O–H groups in total. The van der Waals surface area contributed by atoms with E-state index < -0.39 is 4.92 Å². The van der Waals surface area contributed by atoms with E-state index in [9.17, 15) is 10.1 Å². The highest BCUT2D eigenvalue weighted by Gasteiger charge is 2.22. The fraction of sp³-hybridized carbons (Fsp3) is 0.636. The van der Waals surface area contributed by atoms with Gasteiger partial charge in [0.05, 0.1) is 11.0 Å². The van der Waals surface area contributed by atoms with Crippen molar-refractivity contribution in [3.05, 3.63) is 16.4 Å². The maximum absolute atomic E-state index is 11.1. The molecule has 1 rings (SSSR count). The van der Waals surface area contributed by atoms with Gasteiger partial charge < -0.3 is 15.4 Å². The number of aromatic nitrogens is 2. The summed E-state index contributed by atoms with van der Waals surface area (Å²) in [5, 5.41) is 17.0. The highest BCUT2D eigenvalue weighted by Crippen LogP contribution is 2.28. The quantitative estimate of drug-likeness (QED) is 0.546. The Hall–Kier alpha value is -1.96. The van der Waals surface area contributed by atoms with E-state index in [2.05, 4.69) is 20.6 Å². The van der Waals surface area contributed by atoms with Crippen LogP contribution in [0, 0.1) is 10.1 Å². The molecule has 0 aliphatic heterocycles. The third-order valence-corrected chi connectivity index (χ3v) is 2.51. The van der Waals surface area contributed by atoms with Crippen LogP contribution in [0.25, 0.3) is 0 Å². The van der Waals surface area contributed by atoms with E-state index in [0.717, 1.165) is 6.42 Å². The van der Waals surface area contributed by atoms with Crippen molar-refractivity contribution >= 4 is 17.3 Å². The molecule has 0 fully saturated rings. The Labute approximate surface area is 111 Å². The topological polar surface area (TPSA) is 102 Å². The average Bonchev–Trinajstić information content (AvgIpc) is 2.41. The molecular weight excluding hydrogens is 250 g/mol. The molecule has 1 aromatic rings. The Morgan fingerprint density at radius 3 is 2.58 bits per heavy atom. The van der Waals surface area contributed by atoms with E-state index in [0.29, 0.717) is 13.1 Å². The van der Waals surface area contributed by atoms with E-state index in [1.54, 1.807) is 7.11 Å². The Balaban J connectivity index is 2.92. The molecule has 106 valence electrons. The number of nitrogens with zero attached hydrogens (tertiary/aromatic N) is 3. The van der Waals surface area contributed by atoms with Crippen LogP contribution in [0.2, 0.25) is 0 Å². The van der Waals surface area contributed by atoms with Crippen molar-refractivity contribution in [3.8, 4) is 0 Å². The van der Waals surface area contributed by atoms with Crippen molar-refractivity contribution < 1.29 is 9.66 Å². The first-order valence-corrected chi connectivity index (χ1v) is 6.10. The molecule has 0 radical (unpaired) electrons. The maximum atomic E-state index is 11.1. The van der Waals surface area contributed by atoms with Gasteiger partial charge in [0.2, 0.25) is 11.6 Å². The fourth-order valence-corrected chi connectivity index (χ4v) is 1.38. The van der Waals surface area contributed by atoms with Crippen LogP contribution in [0.4, 0.5) is 17.3 Å². The molecule has 0 bridgehead atoms. The largest absolute Gasteiger partial charge is 0.380 e. The third kappa shape index (κ3) is 4.32. The lowest BCUT2D eigenvalue weighted by Gasteiger charge is -2.12. The van der Waals surface area contributed by atoms with Gasteiger partial charge in [0.25, 0.3) is 0 Å². The minimum Gasteiger partial charge on any atom is -0.380 e. The predicted octanol–water partition coefficient (Wildman–Crippen LogP) is 1.65. The van der Waals surface area contributed by atoms with Crippen LogP contribution >= 0.6 is 0 Å². The SMILES string of the molecule is CCCNc1ncnc(NCC(C)OC)c1[N+](=O)[O-]. The summed E-state index contributed by atoms with van der Waals surface area (Å²) in [4.78, 5) is 18.5. The zero-order chi connectivity index (χ0) is 14.3. The first-order valence-electron chi connectivity index (χ1n) is 6.10. The van der Waals surface area contributed by atoms with E-state index in [1.807, 2.05) is 13.8 Å². The van der Waals surface area contributed by atoms with Crippen molar-refractivity contribution in [2.24, 2.45) is 0 Å². The zero-order valence-electron chi connectivity index (χ0n) is 11.3. The van der Waals surface area contributed by atoms with Crippen molar-refractivity contribution in [2.45, 2.75) is 26.4 Å². The lowest BCUT2D eigenvalue weighted by Crippen LogP contribution is -2.20. The smallest absolute Gasteiger partial charge is 0.353 e. The van der Waals surface area contributed by atoms with Crippen LogP contribution in [-0.2, 0) is 4.74 Å². The maximum Gasteiger partial charge on any atom is 0.353 e. The first-order chi connectivity index (χ1) is 9.10. The monoisotopic (exact) mass is 269 g/mol. The van der Waals surface area contributed by atoms with Gasteiger partial charge in [0, 0.05) is 20.2 Å². The number of hydrogen-bond acceptors (Lipinski definition) is 7. The normalized spacial score (nSPS) is 11.9. The van der Waals surface area contributed by atoms with Gasteiger partial charge in [-0.25, -0.2) is 9.97 Å². The van der Waals surface area contributed by atoms with Gasteiger partial charge in [-0.1, -0.05) is 6.92 Å². The predicted molar refractivity (Wildman–Crippen MR) is 72.4 cm³/mol. The van der Waals surface area contributed by atoms with E-state index in [4.69, 9.17) is 4.74 Å². The molecule has 1 unspecified atom stereocenters. The van der Waals surface area contributed by atoms with Crippen LogP contribution in [0.15, 0.2) is 6.33 Å². The third-order valence-electron chi connectivity index (χ3n) is 2.51. The molecule has 1 aromatic heterocycles. The minimum atomic E-state index is -0.488. The Bertz CT molecular complexity index is 427. The van der Waals surface area contributed by atoms with Gasteiger partial charge in [-0.15, -0.1) is 0 Å².